The highest BCUT2D eigenvalue weighted by Crippen LogP contribution is 2.18. The molecule has 0 aliphatic carbocycles. The van der Waals surface area contributed by atoms with Crippen molar-refractivity contribution < 1.29 is 9.53 Å². The van der Waals surface area contributed by atoms with Crippen LogP contribution < -0.4 is 11.2 Å². The molecule has 0 unspecified atom stereocenters. The molecule has 12 heteroatoms. The Hall–Kier alpha value is -4.61. The maximum atomic E-state index is 13.5. The van der Waals surface area contributed by atoms with Crippen molar-refractivity contribution in [2.75, 3.05) is 6.61 Å². The molecule has 0 aliphatic rings. The molecular formula is C23H22N8O4. The largest absolute Gasteiger partial charge is 0.465 e. The third kappa shape index (κ3) is 4.21. The molecule has 0 amide bonds. The van der Waals surface area contributed by atoms with Crippen LogP contribution in [0, 0.1) is 0 Å². The number of hydrogen-bond acceptors (Lipinski definition) is 8. The van der Waals surface area contributed by atoms with Crippen LogP contribution in [0.15, 0.2) is 64.4 Å². The molecule has 3 heterocycles. The van der Waals surface area contributed by atoms with Crippen LogP contribution in [0.2, 0.25) is 0 Å². The number of ether oxygens (including phenoxy) is 1. The van der Waals surface area contributed by atoms with Gasteiger partial charge in [0, 0.05) is 6.54 Å². The molecule has 0 bridgehead atoms. The number of para-hydroxylation sites is 3. The number of carbonyl (C=O) groups excluding carboxylic acids is 1. The molecule has 2 aromatic carbocycles. The minimum absolute atomic E-state index is 0.0900. The van der Waals surface area contributed by atoms with Gasteiger partial charge in [-0.2, -0.15) is 0 Å². The van der Waals surface area contributed by atoms with Crippen molar-refractivity contribution in [3.8, 4) is 0 Å². The van der Waals surface area contributed by atoms with Crippen LogP contribution in [0.25, 0.3) is 21.9 Å². The summed E-state index contributed by atoms with van der Waals surface area (Å²) in [6, 6.07) is 14.5. The number of tetrazole rings is 1. The highest BCUT2D eigenvalue weighted by molar-refractivity contribution is 5.79. The molecule has 5 aromatic rings. The average Bonchev–Trinajstić information content (AvgIpc) is 3.51. The summed E-state index contributed by atoms with van der Waals surface area (Å²) < 4.78 is 11.0. The van der Waals surface area contributed by atoms with Gasteiger partial charge in [-0.15, -0.1) is 5.10 Å². The summed E-state index contributed by atoms with van der Waals surface area (Å²) in [5.74, 6) is -0.0323. The zero-order chi connectivity index (χ0) is 24.4. The number of rotatable bonds is 8. The summed E-state index contributed by atoms with van der Waals surface area (Å²) in [7, 11) is 0. The second-order valence-corrected chi connectivity index (χ2v) is 7.82. The normalized spacial score (nSPS) is 11.3. The monoisotopic (exact) mass is 474 g/mol. The number of esters is 1. The lowest BCUT2D eigenvalue weighted by molar-refractivity contribution is -0.143. The minimum Gasteiger partial charge on any atom is -0.465 e. The van der Waals surface area contributed by atoms with Crippen LogP contribution in [-0.2, 0) is 35.7 Å². The fraction of sp³-hybridized carbons (Fsp3) is 0.261. The number of carbonyl (C=O) groups is 1. The fourth-order valence-corrected chi connectivity index (χ4v) is 4.12. The summed E-state index contributed by atoms with van der Waals surface area (Å²) in [6.45, 7) is 2.45. The minimum atomic E-state index is -0.651. The zero-order valence-corrected chi connectivity index (χ0v) is 18.9. The van der Waals surface area contributed by atoms with Crippen LogP contribution in [-0.4, -0.2) is 51.5 Å². The molecule has 0 spiro atoms. The van der Waals surface area contributed by atoms with Gasteiger partial charge in [0.1, 0.15) is 18.7 Å². The highest BCUT2D eigenvalue weighted by Gasteiger charge is 2.19. The van der Waals surface area contributed by atoms with Gasteiger partial charge in [0.2, 0.25) is 0 Å². The first kappa shape index (κ1) is 22.2. The van der Waals surface area contributed by atoms with Gasteiger partial charge in [-0.3, -0.25) is 14.2 Å². The Labute approximate surface area is 198 Å². The third-order valence-electron chi connectivity index (χ3n) is 5.70. The van der Waals surface area contributed by atoms with Crippen molar-refractivity contribution in [2.24, 2.45) is 0 Å². The molecule has 0 saturated heterocycles. The van der Waals surface area contributed by atoms with E-state index in [1.54, 1.807) is 35.9 Å². The molecule has 0 N–H and O–H groups in total. The number of fused-ring (bicyclic) bond motifs is 2. The van der Waals surface area contributed by atoms with Crippen LogP contribution >= 0.6 is 0 Å². The fourth-order valence-electron chi connectivity index (χ4n) is 4.12. The van der Waals surface area contributed by atoms with E-state index in [2.05, 4.69) is 15.5 Å². The Morgan fingerprint density at radius 1 is 0.943 bits per heavy atom. The van der Waals surface area contributed by atoms with E-state index in [9.17, 15) is 14.4 Å². The van der Waals surface area contributed by atoms with Gasteiger partial charge >= 0.3 is 11.7 Å². The van der Waals surface area contributed by atoms with E-state index < -0.39 is 23.8 Å². The number of aromatic nitrogens is 8. The Morgan fingerprint density at radius 3 is 2.49 bits per heavy atom. The molecule has 3 aromatic heterocycles. The van der Waals surface area contributed by atoms with Crippen LogP contribution in [0.3, 0.4) is 0 Å². The Kier molecular flexibility index (Phi) is 5.92. The summed E-state index contributed by atoms with van der Waals surface area (Å²) in [6.07, 6.45) is 1.53. The summed E-state index contributed by atoms with van der Waals surface area (Å²) in [5, 5.41) is 11.6. The van der Waals surface area contributed by atoms with E-state index in [0.717, 1.165) is 15.6 Å². The van der Waals surface area contributed by atoms with E-state index in [1.807, 2.05) is 28.8 Å². The number of nitrogens with zero attached hydrogens (tertiary/aromatic N) is 8. The van der Waals surface area contributed by atoms with Crippen LogP contribution in [0.4, 0.5) is 0 Å². The van der Waals surface area contributed by atoms with Crippen LogP contribution in [0.1, 0.15) is 12.7 Å². The van der Waals surface area contributed by atoms with E-state index >= 15 is 0 Å². The van der Waals surface area contributed by atoms with Crippen molar-refractivity contribution in [3.05, 3.63) is 81.5 Å². The first-order valence-corrected chi connectivity index (χ1v) is 11.1. The molecule has 35 heavy (non-hydrogen) atoms. The lowest BCUT2D eigenvalue weighted by atomic mass is 10.2. The van der Waals surface area contributed by atoms with E-state index in [4.69, 9.17) is 9.72 Å². The molecular weight excluding hydrogens is 452 g/mol. The standard InChI is InChI=1S/C23H22N8O4/c1-2-35-21(32)14-31-22(33)16-7-3-5-9-18(16)30(23(31)34)13-20-25-17-8-4-6-10-19(17)29(20)12-11-28-15-24-26-27-28/h3-10,15H,2,11-14H2,1H3. The molecule has 12 nitrogen and oxygen atoms in total. The molecule has 0 aliphatic heterocycles. The quantitative estimate of drug-likeness (QED) is 0.302. The maximum absolute atomic E-state index is 13.5. The topological polar surface area (TPSA) is 132 Å². The van der Waals surface area contributed by atoms with Crippen molar-refractivity contribution in [3.63, 3.8) is 0 Å². The SMILES string of the molecule is CCOC(=O)Cn1c(=O)c2ccccc2n(Cc2nc3ccccc3n2CCn2cnnn2)c1=O. The molecule has 0 atom stereocenters. The van der Waals surface area contributed by atoms with E-state index in [-0.39, 0.29) is 13.2 Å². The zero-order valence-electron chi connectivity index (χ0n) is 18.9. The van der Waals surface area contributed by atoms with Crippen molar-refractivity contribution in [1.29, 1.82) is 0 Å². The molecule has 178 valence electrons. The van der Waals surface area contributed by atoms with Gasteiger partial charge in [0.15, 0.2) is 0 Å². The Bertz CT molecular complexity index is 1630. The van der Waals surface area contributed by atoms with E-state index in [0.29, 0.717) is 29.8 Å². The van der Waals surface area contributed by atoms with Gasteiger partial charge in [-0.25, -0.2) is 19.0 Å². The molecule has 0 saturated carbocycles. The Balaban J connectivity index is 1.63. The van der Waals surface area contributed by atoms with Crippen molar-refractivity contribution >= 4 is 27.9 Å². The second-order valence-electron chi connectivity index (χ2n) is 7.82. The summed E-state index contributed by atoms with van der Waals surface area (Å²) in [5.41, 5.74) is 0.980. The number of imidazole rings is 1. The predicted molar refractivity (Wildman–Crippen MR) is 126 cm³/mol. The molecule has 5 rings (SSSR count). The summed E-state index contributed by atoms with van der Waals surface area (Å²) in [4.78, 5) is 43.4. The van der Waals surface area contributed by atoms with Gasteiger partial charge < -0.3 is 9.30 Å². The first-order chi connectivity index (χ1) is 17.1. The first-order valence-electron chi connectivity index (χ1n) is 11.1. The Morgan fingerprint density at radius 2 is 1.71 bits per heavy atom. The smallest absolute Gasteiger partial charge is 0.332 e. The van der Waals surface area contributed by atoms with Crippen molar-refractivity contribution in [2.45, 2.75) is 33.1 Å². The lowest BCUT2D eigenvalue weighted by Gasteiger charge is -2.15. The summed E-state index contributed by atoms with van der Waals surface area (Å²) >= 11 is 0. The van der Waals surface area contributed by atoms with Crippen LogP contribution in [0.5, 0.6) is 0 Å². The van der Waals surface area contributed by atoms with Crippen molar-refractivity contribution in [1.82, 2.24) is 38.9 Å². The predicted octanol–water partition coefficient (Wildman–Crippen LogP) is 0.811. The number of aryl methyl sites for hydroxylation is 2. The highest BCUT2D eigenvalue weighted by atomic mass is 16.5. The number of hydrogen-bond donors (Lipinski definition) is 0. The lowest BCUT2D eigenvalue weighted by Crippen LogP contribution is -2.42. The molecule has 0 fully saturated rings. The second kappa shape index (κ2) is 9.33. The van der Waals surface area contributed by atoms with E-state index in [1.165, 1.54) is 10.9 Å². The maximum Gasteiger partial charge on any atom is 0.332 e. The van der Waals surface area contributed by atoms with Gasteiger partial charge in [0.05, 0.1) is 41.6 Å². The van der Waals surface area contributed by atoms with Gasteiger partial charge in [0.25, 0.3) is 5.56 Å². The number of benzene rings is 2. The average molecular weight is 474 g/mol. The van der Waals surface area contributed by atoms with Gasteiger partial charge in [-0.05, 0) is 41.6 Å². The molecule has 0 radical (unpaired) electrons. The third-order valence-corrected chi connectivity index (χ3v) is 5.70. The van der Waals surface area contributed by atoms with Gasteiger partial charge in [-0.1, -0.05) is 24.3 Å².